The Hall–Kier alpha value is -3.32. The van der Waals surface area contributed by atoms with Crippen LogP contribution in [0.4, 0.5) is 0 Å². The molecule has 0 saturated heterocycles. The Morgan fingerprint density at radius 1 is 1.16 bits per heavy atom. The molecule has 6 nitrogen and oxygen atoms in total. The van der Waals surface area contributed by atoms with Crippen LogP contribution in [0.25, 0.3) is 32.7 Å². The first-order valence-electron chi connectivity index (χ1n) is 7.39. The van der Waals surface area contributed by atoms with Crippen LogP contribution < -0.4 is 5.56 Å². The summed E-state index contributed by atoms with van der Waals surface area (Å²) in [6.07, 6.45) is 3.36. The summed E-state index contributed by atoms with van der Waals surface area (Å²) in [5.41, 5.74) is 2.09. The number of H-pyrrole nitrogens is 1. The Balaban J connectivity index is 1.89. The van der Waals surface area contributed by atoms with Gasteiger partial charge >= 0.3 is 5.97 Å². The van der Waals surface area contributed by atoms with Gasteiger partial charge in [0.15, 0.2) is 0 Å². The van der Waals surface area contributed by atoms with Crippen LogP contribution in [-0.2, 0) is 0 Å². The maximum absolute atomic E-state index is 12.4. The Morgan fingerprint density at radius 2 is 1.96 bits per heavy atom. The Labute approximate surface area is 145 Å². The summed E-state index contributed by atoms with van der Waals surface area (Å²) in [6, 6.07) is 10.1. The van der Waals surface area contributed by atoms with Crippen LogP contribution >= 0.6 is 11.3 Å². The molecule has 122 valence electrons. The number of fused-ring (bicyclic) bond motifs is 1. The molecule has 25 heavy (non-hydrogen) atoms. The van der Waals surface area contributed by atoms with E-state index in [0.29, 0.717) is 22.2 Å². The van der Waals surface area contributed by atoms with E-state index in [0.717, 1.165) is 10.6 Å². The molecule has 0 aliphatic heterocycles. The van der Waals surface area contributed by atoms with Crippen molar-refractivity contribution >= 4 is 28.2 Å². The second-order valence-electron chi connectivity index (χ2n) is 5.36. The van der Waals surface area contributed by atoms with E-state index in [1.54, 1.807) is 36.0 Å². The molecule has 7 heteroatoms. The first-order valence-corrected chi connectivity index (χ1v) is 8.27. The minimum Gasteiger partial charge on any atom is -0.478 e. The van der Waals surface area contributed by atoms with Crippen molar-refractivity contribution in [3.8, 4) is 21.8 Å². The highest BCUT2D eigenvalue weighted by Crippen LogP contribution is 2.28. The molecule has 0 aliphatic rings. The fourth-order valence-electron chi connectivity index (χ4n) is 2.63. The fraction of sp³-hybridized carbons (Fsp3) is 0. The second kappa shape index (κ2) is 5.95. The molecular weight excluding hydrogens is 338 g/mol. The van der Waals surface area contributed by atoms with Crippen LogP contribution in [0.15, 0.2) is 59.0 Å². The lowest BCUT2D eigenvalue weighted by molar-refractivity contribution is 0.0699. The predicted molar refractivity (Wildman–Crippen MR) is 95.9 cm³/mol. The average Bonchev–Trinajstić information content (AvgIpc) is 3.11. The zero-order chi connectivity index (χ0) is 17.4. The van der Waals surface area contributed by atoms with Crippen molar-refractivity contribution in [1.29, 1.82) is 0 Å². The molecular formula is C18H11N3O3S. The van der Waals surface area contributed by atoms with Gasteiger partial charge in [0.1, 0.15) is 5.01 Å². The van der Waals surface area contributed by atoms with Gasteiger partial charge in [0, 0.05) is 34.2 Å². The molecule has 1 aromatic carbocycles. The zero-order valence-corrected chi connectivity index (χ0v) is 13.6. The van der Waals surface area contributed by atoms with Crippen molar-refractivity contribution in [3.63, 3.8) is 0 Å². The molecule has 0 unspecified atom stereocenters. The molecule has 4 aromatic rings. The summed E-state index contributed by atoms with van der Waals surface area (Å²) in [6.45, 7) is 0. The number of benzene rings is 1. The number of thiazole rings is 1. The maximum Gasteiger partial charge on any atom is 0.336 e. The van der Waals surface area contributed by atoms with Crippen LogP contribution in [0.2, 0.25) is 0 Å². The monoisotopic (exact) mass is 349 g/mol. The van der Waals surface area contributed by atoms with Crippen molar-refractivity contribution in [2.24, 2.45) is 0 Å². The van der Waals surface area contributed by atoms with E-state index in [9.17, 15) is 14.7 Å². The molecule has 0 atom stereocenters. The summed E-state index contributed by atoms with van der Waals surface area (Å²) in [5.74, 6) is -1.04. The molecule has 0 bridgehead atoms. The highest BCUT2D eigenvalue weighted by Gasteiger charge is 2.14. The molecule has 0 aliphatic carbocycles. The predicted octanol–water partition coefficient (Wildman–Crippen LogP) is 3.41. The molecule has 3 heterocycles. The van der Waals surface area contributed by atoms with Gasteiger partial charge in [-0.05, 0) is 30.3 Å². The van der Waals surface area contributed by atoms with Crippen LogP contribution in [-0.4, -0.2) is 26.0 Å². The lowest BCUT2D eigenvalue weighted by Gasteiger charge is -2.04. The van der Waals surface area contributed by atoms with Crippen molar-refractivity contribution in [1.82, 2.24) is 15.0 Å². The summed E-state index contributed by atoms with van der Waals surface area (Å²) >= 11 is 1.41. The number of nitrogens with one attached hydrogen (secondary N) is 1. The molecule has 0 saturated carbocycles. The summed E-state index contributed by atoms with van der Waals surface area (Å²) in [5, 5.41) is 12.4. The first-order chi connectivity index (χ1) is 12.1. The summed E-state index contributed by atoms with van der Waals surface area (Å²) in [4.78, 5) is 35.1. The summed E-state index contributed by atoms with van der Waals surface area (Å²) in [7, 11) is 0. The van der Waals surface area contributed by atoms with Gasteiger partial charge in [-0.15, -0.1) is 11.3 Å². The zero-order valence-electron chi connectivity index (χ0n) is 12.8. The molecule has 4 rings (SSSR count). The molecule has 0 fully saturated rings. The standard InChI is InChI=1S/C18H11N3O3S/c22-16-13(8-12-11(18(23)24)2-1-3-14(12)20-16)15-9-25-17(21-15)10-4-6-19-7-5-10/h1-9H,(H,20,22)(H,23,24). The number of carboxylic acids is 1. The van der Waals surface area contributed by atoms with Gasteiger partial charge in [0.2, 0.25) is 0 Å². The summed E-state index contributed by atoms with van der Waals surface area (Å²) < 4.78 is 0. The number of hydrogen-bond donors (Lipinski definition) is 2. The van der Waals surface area contributed by atoms with Gasteiger partial charge in [-0.2, -0.15) is 0 Å². The molecule has 0 radical (unpaired) electrons. The maximum atomic E-state index is 12.4. The number of aromatic amines is 1. The van der Waals surface area contributed by atoms with Crippen molar-refractivity contribution in [3.05, 3.63) is 70.1 Å². The number of nitrogens with zero attached hydrogens (tertiary/aromatic N) is 2. The SMILES string of the molecule is O=C(O)c1cccc2[nH]c(=O)c(-c3csc(-c4ccncc4)n3)cc12. The third kappa shape index (κ3) is 2.70. The normalized spacial score (nSPS) is 10.9. The van der Waals surface area contributed by atoms with Crippen LogP contribution in [0.5, 0.6) is 0 Å². The Kier molecular flexibility index (Phi) is 3.62. The topological polar surface area (TPSA) is 95.9 Å². The number of hydrogen-bond acceptors (Lipinski definition) is 5. The third-order valence-electron chi connectivity index (χ3n) is 3.83. The van der Waals surface area contributed by atoms with E-state index in [1.807, 2.05) is 12.1 Å². The van der Waals surface area contributed by atoms with E-state index in [1.165, 1.54) is 17.4 Å². The van der Waals surface area contributed by atoms with Crippen molar-refractivity contribution < 1.29 is 9.90 Å². The highest BCUT2D eigenvalue weighted by atomic mass is 32.1. The highest BCUT2D eigenvalue weighted by molar-refractivity contribution is 7.13. The number of pyridine rings is 2. The van der Waals surface area contributed by atoms with E-state index in [-0.39, 0.29) is 11.1 Å². The van der Waals surface area contributed by atoms with Crippen molar-refractivity contribution in [2.45, 2.75) is 0 Å². The van der Waals surface area contributed by atoms with Crippen LogP contribution in [0.3, 0.4) is 0 Å². The molecule has 2 N–H and O–H groups in total. The van der Waals surface area contributed by atoms with E-state index < -0.39 is 5.97 Å². The average molecular weight is 349 g/mol. The van der Waals surface area contributed by atoms with Crippen LogP contribution in [0.1, 0.15) is 10.4 Å². The van der Waals surface area contributed by atoms with Crippen LogP contribution in [0, 0.1) is 0 Å². The van der Waals surface area contributed by atoms with Gasteiger partial charge < -0.3 is 10.1 Å². The smallest absolute Gasteiger partial charge is 0.336 e. The fourth-order valence-corrected chi connectivity index (χ4v) is 3.46. The van der Waals surface area contributed by atoms with Gasteiger partial charge in [-0.25, -0.2) is 9.78 Å². The van der Waals surface area contributed by atoms with E-state index in [2.05, 4.69) is 15.0 Å². The second-order valence-corrected chi connectivity index (χ2v) is 6.22. The quantitative estimate of drug-likeness (QED) is 0.591. The van der Waals surface area contributed by atoms with E-state index >= 15 is 0 Å². The van der Waals surface area contributed by atoms with E-state index in [4.69, 9.17) is 0 Å². The molecule has 3 aromatic heterocycles. The third-order valence-corrected chi connectivity index (χ3v) is 4.72. The Bertz CT molecular complexity index is 1150. The van der Waals surface area contributed by atoms with Gasteiger partial charge in [-0.1, -0.05) is 6.07 Å². The minimum absolute atomic E-state index is 0.139. The van der Waals surface area contributed by atoms with Gasteiger partial charge in [0.25, 0.3) is 5.56 Å². The number of aromatic carboxylic acids is 1. The number of carbonyl (C=O) groups is 1. The number of carboxylic acid groups (broad SMARTS) is 1. The van der Waals surface area contributed by atoms with Gasteiger partial charge in [0.05, 0.1) is 16.8 Å². The minimum atomic E-state index is -1.04. The molecule has 0 spiro atoms. The Morgan fingerprint density at radius 3 is 2.72 bits per heavy atom. The molecule has 0 amide bonds. The first kappa shape index (κ1) is 15.2. The van der Waals surface area contributed by atoms with Gasteiger partial charge in [-0.3, -0.25) is 9.78 Å². The largest absolute Gasteiger partial charge is 0.478 e. The number of aromatic nitrogens is 3. The van der Waals surface area contributed by atoms with Crippen molar-refractivity contribution in [2.75, 3.05) is 0 Å². The lowest BCUT2D eigenvalue weighted by atomic mass is 10.1. The number of rotatable bonds is 3. The lowest BCUT2D eigenvalue weighted by Crippen LogP contribution is -2.10.